The first-order valence-electron chi connectivity index (χ1n) is 15.2. The Labute approximate surface area is 278 Å². The van der Waals surface area contributed by atoms with Gasteiger partial charge in [0.05, 0.1) is 10.6 Å². The van der Waals surface area contributed by atoms with Crippen LogP contribution in [0.15, 0.2) is 102 Å². The number of rotatable bonds is 11. The topological polar surface area (TPSA) is 86.8 Å². The third-order valence-electron chi connectivity index (χ3n) is 7.54. The predicted molar refractivity (Wildman–Crippen MR) is 185 cm³/mol. The summed E-state index contributed by atoms with van der Waals surface area (Å²) in [5.41, 5.74) is 4.02. The third kappa shape index (κ3) is 8.98. The number of carbonyl (C=O) groups is 2. The maximum atomic E-state index is 14.6. The van der Waals surface area contributed by atoms with E-state index in [0.717, 1.165) is 26.6 Å². The average molecular weight is 660 g/mol. The summed E-state index contributed by atoms with van der Waals surface area (Å²) in [4.78, 5) is 30.2. The lowest BCUT2D eigenvalue weighted by Gasteiger charge is -2.35. The molecule has 0 saturated heterocycles. The van der Waals surface area contributed by atoms with Crippen molar-refractivity contribution in [3.63, 3.8) is 0 Å². The van der Waals surface area contributed by atoms with Gasteiger partial charge in [-0.1, -0.05) is 89.5 Å². The van der Waals surface area contributed by atoms with Crippen LogP contribution in [0.1, 0.15) is 48.6 Å². The molecule has 0 aromatic heterocycles. The van der Waals surface area contributed by atoms with E-state index in [1.807, 2.05) is 84.0 Å². The van der Waals surface area contributed by atoms with E-state index in [0.29, 0.717) is 16.3 Å². The zero-order valence-corrected chi connectivity index (χ0v) is 28.8. The van der Waals surface area contributed by atoms with Crippen LogP contribution in [0.25, 0.3) is 0 Å². The van der Waals surface area contributed by atoms with Gasteiger partial charge in [-0.05, 0) is 88.6 Å². The fourth-order valence-electron chi connectivity index (χ4n) is 5.23. The van der Waals surface area contributed by atoms with E-state index in [1.54, 1.807) is 54.6 Å². The van der Waals surface area contributed by atoms with Gasteiger partial charge in [0.1, 0.15) is 12.6 Å². The van der Waals surface area contributed by atoms with E-state index in [4.69, 9.17) is 11.6 Å². The Morgan fingerprint density at radius 3 is 2.00 bits per heavy atom. The second-order valence-electron chi connectivity index (χ2n) is 12.7. The van der Waals surface area contributed by atoms with Crippen molar-refractivity contribution >= 4 is 39.1 Å². The first-order chi connectivity index (χ1) is 21.6. The molecule has 4 aromatic rings. The van der Waals surface area contributed by atoms with Crippen LogP contribution in [-0.2, 0) is 32.6 Å². The Morgan fingerprint density at radius 2 is 1.41 bits per heavy atom. The molecule has 4 aromatic carbocycles. The molecule has 0 spiro atoms. The van der Waals surface area contributed by atoms with Crippen LogP contribution >= 0.6 is 11.6 Å². The van der Waals surface area contributed by atoms with Crippen LogP contribution in [0.5, 0.6) is 0 Å². The quantitative estimate of drug-likeness (QED) is 0.188. The summed E-state index contributed by atoms with van der Waals surface area (Å²) in [6.07, 6.45) is 0.232. The van der Waals surface area contributed by atoms with Gasteiger partial charge in [0.2, 0.25) is 11.8 Å². The number of halogens is 1. The number of hydrogen-bond acceptors (Lipinski definition) is 4. The Morgan fingerprint density at radius 1 is 0.804 bits per heavy atom. The molecule has 0 fully saturated rings. The van der Waals surface area contributed by atoms with Crippen LogP contribution in [0, 0.1) is 20.8 Å². The Hall–Kier alpha value is -4.14. The molecule has 242 valence electrons. The third-order valence-corrected chi connectivity index (χ3v) is 9.57. The molecular formula is C37H42ClN3O4S. The smallest absolute Gasteiger partial charge is 0.264 e. The number of amides is 2. The summed E-state index contributed by atoms with van der Waals surface area (Å²) >= 11 is 6.17. The van der Waals surface area contributed by atoms with E-state index in [9.17, 15) is 18.0 Å². The minimum atomic E-state index is -4.18. The zero-order chi connectivity index (χ0) is 33.6. The number of hydrogen-bond donors (Lipinski definition) is 1. The second-order valence-corrected chi connectivity index (χ2v) is 15.0. The van der Waals surface area contributed by atoms with Crippen LogP contribution in [0.2, 0.25) is 5.02 Å². The Balaban J connectivity index is 1.84. The highest BCUT2D eigenvalue weighted by Gasteiger charge is 2.36. The van der Waals surface area contributed by atoms with Crippen molar-refractivity contribution in [2.24, 2.45) is 0 Å². The van der Waals surface area contributed by atoms with Crippen molar-refractivity contribution in [2.75, 3.05) is 10.8 Å². The van der Waals surface area contributed by atoms with E-state index < -0.39 is 34.1 Å². The van der Waals surface area contributed by atoms with Crippen molar-refractivity contribution in [3.05, 3.63) is 130 Å². The lowest BCUT2D eigenvalue weighted by Crippen LogP contribution is -2.56. The number of nitrogens with zero attached hydrogens (tertiary/aromatic N) is 2. The largest absolute Gasteiger partial charge is 0.350 e. The molecule has 4 rings (SSSR count). The maximum Gasteiger partial charge on any atom is 0.264 e. The maximum absolute atomic E-state index is 14.6. The van der Waals surface area contributed by atoms with Gasteiger partial charge in [0, 0.05) is 23.5 Å². The van der Waals surface area contributed by atoms with Gasteiger partial charge < -0.3 is 10.2 Å². The highest BCUT2D eigenvalue weighted by atomic mass is 35.5. The number of nitrogens with one attached hydrogen (secondary N) is 1. The van der Waals surface area contributed by atoms with Gasteiger partial charge in [0.15, 0.2) is 0 Å². The van der Waals surface area contributed by atoms with Gasteiger partial charge >= 0.3 is 0 Å². The molecule has 7 nitrogen and oxygen atoms in total. The fourth-order valence-corrected chi connectivity index (χ4v) is 6.83. The molecule has 1 N–H and O–H groups in total. The standard InChI is InChI=1S/C37H42ClN3O4S/c1-26-12-19-32(20-13-26)46(44,45)41(33-21-14-27(2)22-28(33)3)25-35(42)40(24-30-15-17-31(38)18-16-30)34(36(43)39-37(4,5)6)23-29-10-8-7-9-11-29/h7-22,34H,23-25H2,1-6H3,(H,39,43). The molecule has 0 aliphatic carbocycles. The molecule has 1 atom stereocenters. The second kappa shape index (κ2) is 14.5. The van der Waals surface area contributed by atoms with Gasteiger partial charge in [-0.15, -0.1) is 0 Å². The van der Waals surface area contributed by atoms with Gasteiger partial charge in [0.25, 0.3) is 10.0 Å². The highest BCUT2D eigenvalue weighted by molar-refractivity contribution is 7.92. The zero-order valence-electron chi connectivity index (χ0n) is 27.2. The fraction of sp³-hybridized carbons (Fsp3) is 0.297. The van der Waals surface area contributed by atoms with Crippen molar-refractivity contribution in [1.29, 1.82) is 0 Å². The van der Waals surface area contributed by atoms with Gasteiger partial charge in [-0.3, -0.25) is 13.9 Å². The summed E-state index contributed by atoms with van der Waals surface area (Å²) in [5.74, 6) is -0.853. The summed E-state index contributed by atoms with van der Waals surface area (Å²) in [7, 11) is -4.18. The molecule has 0 aliphatic rings. The summed E-state index contributed by atoms with van der Waals surface area (Å²) < 4.78 is 29.7. The van der Waals surface area contributed by atoms with E-state index >= 15 is 0 Å². The lowest BCUT2D eigenvalue weighted by molar-refractivity contribution is -0.140. The van der Waals surface area contributed by atoms with Crippen molar-refractivity contribution in [1.82, 2.24) is 10.2 Å². The van der Waals surface area contributed by atoms with E-state index in [1.165, 1.54) is 4.90 Å². The predicted octanol–water partition coefficient (Wildman–Crippen LogP) is 7.02. The number of aryl methyl sites for hydroxylation is 3. The SMILES string of the molecule is Cc1ccc(S(=O)(=O)N(CC(=O)N(Cc2ccc(Cl)cc2)C(Cc2ccccc2)C(=O)NC(C)(C)C)c2ccc(C)cc2C)cc1. The first-order valence-corrected chi connectivity index (χ1v) is 17.0. The summed E-state index contributed by atoms with van der Waals surface area (Å²) in [6, 6.07) is 27.6. The molecule has 0 radical (unpaired) electrons. The van der Waals surface area contributed by atoms with Gasteiger partial charge in [-0.2, -0.15) is 0 Å². The van der Waals surface area contributed by atoms with E-state index in [-0.39, 0.29) is 23.8 Å². The first kappa shape index (κ1) is 34.7. The minimum Gasteiger partial charge on any atom is -0.350 e. The molecule has 9 heteroatoms. The highest BCUT2D eigenvalue weighted by Crippen LogP contribution is 2.29. The molecule has 0 heterocycles. The minimum absolute atomic E-state index is 0.0658. The van der Waals surface area contributed by atoms with Crippen molar-refractivity contribution in [2.45, 2.75) is 71.0 Å². The van der Waals surface area contributed by atoms with Crippen molar-refractivity contribution < 1.29 is 18.0 Å². The normalized spacial score (nSPS) is 12.3. The van der Waals surface area contributed by atoms with Crippen LogP contribution in [-0.4, -0.2) is 43.3 Å². The Bertz CT molecular complexity index is 1770. The molecule has 0 bridgehead atoms. The molecular weight excluding hydrogens is 618 g/mol. The molecule has 1 unspecified atom stereocenters. The number of anilines is 1. The molecule has 2 amide bonds. The lowest BCUT2D eigenvalue weighted by atomic mass is 10.0. The molecule has 0 aliphatic heterocycles. The molecule has 46 heavy (non-hydrogen) atoms. The van der Waals surface area contributed by atoms with Gasteiger partial charge in [-0.25, -0.2) is 8.42 Å². The summed E-state index contributed by atoms with van der Waals surface area (Å²) in [5, 5.41) is 3.59. The number of sulfonamides is 1. The number of benzene rings is 4. The van der Waals surface area contributed by atoms with Crippen LogP contribution < -0.4 is 9.62 Å². The number of carbonyl (C=O) groups excluding carboxylic acids is 2. The van der Waals surface area contributed by atoms with Crippen LogP contribution in [0.3, 0.4) is 0 Å². The average Bonchev–Trinajstić information content (AvgIpc) is 2.98. The monoisotopic (exact) mass is 659 g/mol. The molecule has 0 saturated carbocycles. The van der Waals surface area contributed by atoms with E-state index in [2.05, 4.69) is 5.32 Å². The summed E-state index contributed by atoms with van der Waals surface area (Å²) in [6.45, 7) is 10.8. The van der Waals surface area contributed by atoms with Crippen LogP contribution in [0.4, 0.5) is 5.69 Å². The Kier molecular flexibility index (Phi) is 11.0. The van der Waals surface area contributed by atoms with Crippen molar-refractivity contribution in [3.8, 4) is 0 Å².